The highest BCUT2D eigenvalue weighted by Gasteiger charge is 2.04. The number of amidine groups is 1. The molecule has 2 nitrogen and oxygen atoms in total. The molecule has 0 amide bonds. The molecule has 0 spiro atoms. The maximum Gasteiger partial charge on any atom is 0.151 e. The summed E-state index contributed by atoms with van der Waals surface area (Å²) in [7, 11) is 0. The van der Waals surface area contributed by atoms with Crippen molar-refractivity contribution in [3.05, 3.63) is 33.8 Å². The predicted molar refractivity (Wildman–Crippen MR) is 59.7 cm³/mol. The number of thioether (sulfide) groups is 1. The van der Waals surface area contributed by atoms with Gasteiger partial charge in [0, 0.05) is 5.75 Å². The summed E-state index contributed by atoms with van der Waals surface area (Å²) in [6.07, 6.45) is 0. The van der Waals surface area contributed by atoms with E-state index in [0.717, 1.165) is 5.56 Å². The van der Waals surface area contributed by atoms with Gasteiger partial charge in [0.15, 0.2) is 5.17 Å². The molecule has 0 aliphatic carbocycles. The summed E-state index contributed by atoms with van der Waals surface area (Å²) < 4.78 is 0. The van der Waals surface area contributed by atoms with Crippen LogP contribution in [0.1, 0.15) is 5.56 Å². The first-order chi connectivity index (χ1) is 6.11. The molecule has 1 aromatic rings. The van der Waals surface area contributed by atoms with Gasteiger partial charge in [0.1, 0.15) is 0 Å². The average Bonchev–Trinajstić information content (AvgIpc) is 2.07. The van der Waals surface area contributed by atoms with Crippen LogP contribution in [0.25, 0.3) is 0 Å². The Balaban J connectivity index is 2.77. The van der Waals surface area contributed by atoms with Crippen LogP contribution in [0, 0.1) is 5.41 Å². The molecule has 0 heterocycles. The zero-order valence-electron chi connectivity index (χ0n) is 6.68. The van der Waals surface area contributed by atoms with Gasteiger partial charge in [-0.05, 0) is 11.6 Å². The number of benzene rings is 1. The van der Waals surface area contributed by atoms with Crippen molar-refractivity contribution in [1.29, 1.82) is 5.41 Å². The number of nitrogens with one attached hydrogen (secondary N) is 1. The van der Waals surface area contributed by atoms with Gasteiger partial charge in [-0.15, -0.1) is 0 Å². The van der Waals surface area contributed by atoms with Crippen LogP contribution >= 0.6 is 35.0 Å². The molecule has 1 rings (SSSR count). The quantitative estimate of drug-likeness (QED) is 0.611. The molecule has 0 fully saturated rings. The van der Waals surface area contributed by atoms with Crippen molar-refractivity contribution in [3.63, 3.8) is 0 Å². The Morgan fingerprint density at radius 2 is 2.15 bits per heavy atom. The fraction of sp³-hybridized carbons (Fsp3) is 0.125. The lowest BCUT2D eigenvalue weighted by molar-refractivity contribution is 1.42. The minimum Gasteiger partial charge on any atom is -0.379 e. The van der Waals surface area contributed by atoms with Crippen molar-refractivity contribution >= 4 is 40.1 Å². The van der Waals surface area contributed by atoms with Crippen LogP contribution in [0.3, 0.4) is 0 Å². The van der Waals surface area contributed by atoms with Gasteiger partial charge in [-0.3, -0.25) is 5.41 Å². The third kappa shape index (κ3) is 3.10. The summed E-state index contributed by atoms with van der Waals surface area (Å²) in [5, 5.41) is 8.18. The summed E-state index contributed by atoms with van der Waals surface area (Å²) in [6, 6.07) is 5.42. The van der Waals surface area contributed by atoms with Crippen molar-refractivity contribution in [2.24, 2.45) is 5.73 Å². The zero-order valence-corrected chi connectivity index (χ0v) is 9.01. The van der Waals surface area contributed by atoms with Crippen molar-refractivity contribution in [3.8, 4) is 0 Å². The van der Waals surface area contributed by atoms with E-state index >= 15 is 0 Å². The molecular formula is C8H8Cl2N2S. The molecule has 0 radical (unpaired) electrons. The smallest absolute Gasteiger partial charge is 0.151 e. The van der Waals surface area contributed by atoms with E-state index in [1.807, 2.05) is 12.1 Å². The fourth-order valence-corrected chi connectivity index (χ4v) is 1.83. The highest BCUT2D eigenvalue weighted by Crippen LogP contribution is 2.28. The molecule has 0 saturated carbocycles. The fourth-order valence-electron chi connectivity index (χ4n) is 0.815. The molecule has 0 aliphatic heterocycles. The van der Waals surface area contributed by atoms with Crippen LogP contribution in [-0.2, 0) is 5.75 Å². The van der Waals surface area contributed by atoms with E-state index in [1.165, 1.54) is 11.8 Å². The summed E-state index contributed by atoms with van der Waals surface area (Å²) in [5.74, 6) is 0.578. The van der Waals surface area contributed by atoms with Crippen molar-refractivity contribution in [1.82, 2.24) is 0 Å². The number of nitrogens with two attached hydrogens (primary N) is 1. The van der Waals surface area contributed by atoms with E-state index in [2.05, 4.69) is 0 Å². The number of hydrogen-bond donors (Lipinski definition) is 2. The van der Waals surface area contributed by atoms with Crippen molar-refractivity contribution < 1.29 is 0 Å². The van der Waals surface area contributed by atoms with Crippen LogP contribution in [0.4, 0.5) is 0 Å². The molecule has 0 atom stereocenters. The van der Waals surface area contributed by atoms with Gasteiger partial charge < -0.3 is 5.73 Å². The first kappa shape index (κ1) is 10.7. The maximum atomic E-state index is 7.03. The predicted octanol–water partition coefficient (Wildman–Crippen LogP) is 3.12. The molecular weight excluding hydrogens is 227 g/mol. The largest absolute Gasteiger partial charge is 0.379 e. The third-order valence-corrected chi connectivity index (χ3v) is 3.04. The number of halogens is 2. The maximum absolute atomic E-state index is 7.03. The topological polar surface area (TPSA) is 49.9 Å². The Labute approximate surface area is 90.9 Å². The Morgan fingerprint density at radius 1 is 1.46 bits per heavy atom. The number of rotatable bonds is 2. The second-order valence-electron chi connectivity index (χ2n) is 2.37. The molecule has 0 aromatic heterocycles. The van der Waals surface area contributed by atoms with Crippen molar-refractivity contribution in [2.75, 3.05) is 0 Å². The van der Waals surface area contributed by atoms with E-state index in [1.54, 1.807) is 6.07 Å². The highest BCUT2D eigenvalue weighted by molar-refractivity contribution is 8.13. The Morgan fingerprint density at radius 3 is 2.77 bits per heavy atom. The summed E-state index contributed by atoms with van der Waals surface area (Å²) >= 11 is 12.9. The third-order valence-electron chi connectivity index (χ3n) is 1.41. The van der Waals surface area contributed by atoms with Crippen LogP contribution in [0.5, 0.6) is 0 Å². The van der Waals surface area contributed by atoms with E-state index in [-0.39, 0.29) is 5.17 Å². The molecule has 0 unspecified atom stereocenters. The Kier molecular flexibility index (Phi) is 3.90. The molecule has 0 aliphatic rings. The summed E-state index contributed by atoms with van der Waals surface area (Å²) in [5.41, 5.74) is 6.10. The first-order valence-corrected chi connectivity index (χ1v) is 5.25. The van der Waals surface area contributed by atoms with Crippen LogP contribution in [-0.4, -0.2) is 5.17 Å². The highest BCUT2D eigenvalue weighted by atomic mass is 35.5. The summed E-state index contributed by atoms with van der Waals surface area (Å²) in [4.78, 5) is 0. The first-order valence-electron chi connectivity index (χ1n) is 3.51. The van der Waals surface area contributed by atoms with Gasteiger partial charge in [0.2, 0.25) is 0 Å². The van der Waals surface area contributed by atoms with Gasteiger partial charge in [-0.1, -0.05) is 47.1 Å². The molecule has 5 heteroatoms. The lowest BCUT2D eigenvalue weighted by Gasteiger charge is -2.03. The molecule has 1 aromatic carbocycles. The van der Waals surface area contributed by atoms with E-state index in [0.29, 0.717) is 15.8 Å². The lowest BCUT2D eigenvalue weighted by Crippen LogP contribution is -2.03. The van der Waals surface area contributed by atoms with Crippen LogP contribution in [0.2, 0.25) is 10.0 Å². The summed E-state index contributed by atoms with van der Waals surface area (Å²) in [6.45, 7) is 0. The average molecular weight is 235 g/mol. The van der Waals surface area contributed by atoms with Gasteiger partial charge in [-0.25, -0.2) is 0 Å². The monoisotopic (exact) mass is 234 g/mol. The van der Waals surface area contributed by atoms with Crippen molar-refractivity contribution in [2.45, 2.75) is 5.75 Å². The molecule has 3 N–H and O–H groups in total. The van der Waals surface area contributed by atoms with Crippen LogP contribution in [0.15, 0.2) is 18.2 Å². The standard InChI is InChI=1S/C8H8Cl2N2S/c9-6-3-1-2-5(7(6)10)4-13-8(11)12/h1-3H,4H2,(H3,11,12). The van der Waals surface area contributed by atoms with Gasteiger partial charge in [0.25, 0.3) is 0 Å². The van der Waals surface area contributed by atoms with E-state index in [4.69, 9.17) is 34.3 Å². The normalized spacial score (nSPS) is 10.0. The SMILES string of the molecule is N=C(N)SCc1cccc(Cl)c1Cl. The van der Waals surface area contributed by atoms with E-state index < -0.39 is 0 Å². The molecule has 13 heavy (non-hydrogen) atoms. The minimum absolute atomic E-state index is 0.0797. The van der Waals surface area contributed by atoms with Gasteiger partial charge in [0.05, 0.1) is 10.0 Å². The zero-order chi connectivity index (χ0) is 9.84. The minimum atomic E-state index is 0.0797. The lowest BCUT2D eigenvalue weighted by atomic mass is 10.2. The number of hydrogen-bond acceptors (Lipinski definition) is 2. The molecule has 0 bridgehead atoms. The Bertz CT molecular complexity index is 328. The molecule has 70 valence electrons. The second-order valence-corrected chi connectivity index (χ2v) is 4.17. The second kappa shape index (κ2) is 4.74. The Hall–Kier alpha value is -0.380. The van der Waals surface area contributed by atoms with E-state index in [9.17, 15) is 0 Å². The van der Waals surface area contributed by atoms with Gasteiger partial charge in [-0.2, -0.15) is 0 Å². The molecule has 0 saturated heterocycles. The van der Waals surface area contributed by atoms with Crippen LogP contribution < -0.4 is 5.73 Å². The van der Waals surface area contributed by atoms with Gasteiger partial charge >= 0.3 is 0 Å².